The second-order valence-electron chi connectivity index (χ2n) is 6.09. The maximum absolute atomic E-state index is 11.1. The Morgan fingerprint density at radius 3 is 1.45 bits per heavy atom. The van der Waals surface area contributed by atoms with Crippen molar-refractivity contribution in [1.82, 2.24) is 0 Å². The lowest BCUT2D eigenvalue weighted by Crippen LogP contribution is -2.34. The molecule has 0 saturated carbocycles. The molecule has 0 aromatic heterocycles. The van der Waals surface area contributed by atoms with E-state index in [9.17, 15) is 40.7 Å². The van der Waals surface area contributed by atoms with Crippen molar-refractivity contribution < 1.29 is 30.3 Å². The van der Waals surface area contributed by atoms with Crippen molar-refractivity contribution >= 4 is 23.5 Å². The highest BCUT2D eigenvalue weighted by Gasteiger charge is 2.39. The standard InChI is InChI=1S/C19H18N2O8/c22-11-19(12-23,17(24)9-13-5-1-3-7-15(13)20(26)27)18(25)10-14-6-2-4-8-16(14)21(28)29/h1-10,22-25H,11-12H2. The van der Waals surface area contributed by atoms with Gasteiger partial charge in [-0.1, -0.05) is 24.3 Å². The van der Waals surface area contributed by atoms with Crippen molar-refractivity contribution in [2.75, 3.05) is 13.2 Å². The van der Waals surface area contributed by atoms with Crippen molar-refractivity contribution in [2.24, 2.45) is 5.41 Å². The first kappa shape index (κ1) is 21.5. The number of nitrogens with zero attached hydrogens (tertiary/aromatic N) is 2. The van der Waals surface area contributed by atoms with Crippen LogP contribution in [0.25, 0.3) is 12.2 Å². The molecule has 0 unspecified atom stereocenters. The van der Waals surface area contributed by atoms with Gasteiger partial charge in [0.15, 0.2) is 0 Å². The molecule has 0 fully saturated rings. The van der Waals surface area contributed by atoms with Crippen molar-refractivity contribution in [3.8, 4) is 0 Å². The molecule has 0 saturated heterocycles. The van der Waals surface area contributed by atoms with Crippen LogP contribution in [0.3, 0.4) is 0 Å². The van der Waals surface area contributed by atoms with Crippen LogP contribution in [0.5, 0.6) is 0 Å². The minimum atomic E-state index is -2.13. The monoisotopic (exact) mass is 402 g/mol. The van der Waals surface area contributed by atoms with Gasteiger partial charge in [-0.05, 0) is 24.3 Å². The lowest BCUT2D eigenvalue weighted by atomic mass is 9.83. The lowest BCUT2D eigenvalue weighted by molar-refractivity contribution is -0.385. The van der Waals surface area contributed by atoms with E-state index in [-0.39, 0.29) is 22.5 Å². The molecule has 0 atom stereocenters. The number of aliphatic hydroxyl groups excluding tert-OH is 4. The first-order chi connectivity index (χ1) is 13.8. The third kappa shape index (κ3) is 4.39. The molecule has 2 aromatic carbocycles. The first-order valence-electron chi connectivity index (χ1n) is 8.27. The van der Waals surface area contributed by atoms with Crippen molar-refractivity contribution in [1.29, 1.82) is 0 Å². The number of para-hydroxylation sites is 2. The predicted molar refractivity (Wildman–Crippen MR) is 104 cm³/mol. The Bertz CT molecular complexity index is 904. The molecular formula is C19H18N2O8. The highest BCUT2D eigenvalue weighted by Crippen LogP contribution is 2.36. The van der Waals surface area contributed by atoms with Crippen LogP contribution in [0.2, 0.25) is 0 Å². The van der Waals surface area contributed by atoms with Gasteiger partial charge < -0.3 is 20.4 Å². The van der Waals surface area contributed by atoms with Crippen LogP contribution in [0.4, 0.5) is 11.4 Å². The second kappa shape index (κ2) is 8.95. The van der Waals surface area contributed by atoms with E-state index in [1.165, 1.54) is 48.5 Å². The number of hydrogen-bond donors (Lipinski definition) is 4. The van der Waals surface area contributed by atoms with Gasteiger partial charge in [0.25, 0.3) is 11.4 Å². The van der Waals surface area contributed by atoms with Crippen LogP contribution in [-0.2, 0) is 0 Å². The Kier molecular flexibility index (Phi) is 6.65. The molecule has 0 amide bonds. The van der Waals surface area contributed by atoms with Crippen molar-refractivity contribution in [2.45, 2.75) is 0 Å². The highest BCUT2D eigenvalue weighted by atomic mass is 16.6. The fourth-order valence-electron chi connectivity index (χ4n) is 2.63. The van der Waals surface area contributed by atoms with E-state index in [1.54, 1.807) is 0 Å². The summed E-state index contributed by atoms with van der Waals surface area (Å²) in [5.74, 6) is -1.52. The van der Waals surface area contributed by atoms with Crippen LogP contribution < -0.4 is 0 Å². The van der Waals surface area contributed by atoms with Gasteiger partial charge in [0.2, 0.25) is 0 Å². The molecule has 0 aliphatic carbocycles. The average molecular weight is 402 g/mol. The number of aliphatic hydroxyl groups is 4. The smallest absolute Gasteiger partial charge is 0.276 e. The topological polar surface area (TPSA) is 167 Å². The minimum Gasteiger partial charge on any atom is -0.511 e. The van der Waals surface area contributed by atoms with Gasteiger partial charge in [-0.2, -0.15) is 0 Å². The van der Waals surface area contributed by atoms with Gasteiger partial charge in [-0.3, -0.25) is 20.2 Å². The molecule has 10 heteroatoms. The van der Waals surface area contributed by atoms with E-state index in [1.807, 2.05) is 0 Å². The number of rotatable bonds is 8. The molecule has 0 aliphatic heterocycles. The molecule has 2 aromatic rings. The summed E-state index contributed by atoms with van der Waals surface area (Å²) in [4.78, 5) is 20.9. The number of benzene rings is 2. The lowest BCUT2D eigenvalue weighted by Gasteiger charge is -2.28. The van der Waals surface area contributed by atoms with Gasteiger partial charge in [0.1, 0.15) is 16.9 Å². The largest absolute Gasteiger partial charge is 0.511 e. The van der Waals surface area contributed by atoms with E-state index >= 15 is 0 Å². The fraction of sp³-hybridized carbons (Fsp3) is 0.158. The number of hydrogen-bond acceptors (Lipinski definition) is 8. The molecular weight excluding hydrogens is 384 g/mol. The van der Waals surface area contributed by atoms with Crippen LogP contribution >= 0.6 is 0 Å². The zero-order valence-electron chi connectivity index (χ0n) is 15.0. The quantitative estimate of drug-likeness (QED) is 0.297. The summed E-state index contributed by atoms with van der Waals surface area (Å²) in [6, 6.07) is 10.9. The summed E-state index contributed by atoms with van der Waals surface area (Å²) in [6.45, 7) is -1.95. The van der Waals surface area contributed by atoms with E-state index in [0.29, 0.717) is 0 Å². The summed E-state index contributed by atoms with van der Waals surface area (Å²) in [7, 11) is 0. The van der Waals surface area contributed by atoms with Crippen molar-refractivity contribution in [3.63, 3.8) is 0 Å². The molecule has 29 heavy (non-hydrogen) atoms. The van der Waals surface area contributed by atoms with E-state index < -0.39 is 40.0 Å². The van der Waals surface area contributed by atoms with Crippen molar-refractivity contribution in [3.05, 3.63) is 91.4 Å². The molecule has 0 radical (unpaired) electrons. The molecule has 10 nitrogen and oxygen atoms in total. The Morgan fingerprint density at radius 2 is 1.14 bits per heavy atom. The molecule has 0 aliphatic rings. The predicted octanol–water partition coefficient (Wildman–Crippen LogP) is 2.97. The summed E-state index contributed by atoms with van der Waals surface area (Å²) in [5.41, 5.74) is -2.87. The van der Waals surface area contributed by atoms with Gasteiger partial charge >= 0.3 is 0 Å². The summed E-state index contributed by atoms with van der Waals surface area (Å²) in [5, 5.41) is 62.9. The summed E-state index contributed by atoms with van der Waals surface area (Å²) >= 11 is 0. The van der Waals surface area contributed by atoms with Gasteiger partial charge in [0, 0.05) is 12.1 Å². The number of nitro benzene ring substituents is 2. The van der Waals surface area contributed by atoms with Crippen LogP contribution in [0.1, 0.15) is 11.1 Å². The van der Waals surface area contributed by atoms with E-state index in [2.05, 4.69) is 0 Å². The maximum atomic E-state index is 11.1. The molecule has 0 bridgehead atoms. The van der Waals surface area contributed by atoms with E-state index in [4.69, 9.17) is 0 Å². The Morgan fingerprint density at radius 1 is 0.793 bits per heavy atom. The Labute approximate surface area is 164 Å². The molecule has 152 valence electrons. The number of nitro groups is 2. The SMILES string of the molecule is O=[N+]([O-])c1ccccc1C=C(O)C(CO)(CO)C(O)=Cc1ccccc1[N+](=O)[O-]. The van der Waals surface area contributed by atoms with Crippen LogP contribution in [0.15, 0.2) is 60.0 Å². The van der Waals surface area contributed by atoms with Gasteiger partial charge in [-0.25, -0.2) is 0 Å². The van der Waals surface area contributed by atoms with Gasteiger partial charge in [-0.15, -0.1) is 0 Å². The molecule has 2 rings (SSSR count). The van der Waals surface area contributed by atoms with E-state index in [0.717, 1.165) is 12.2 Å². The van der Waals surface area contributed by atoms with Crippen LogP contribution in [0, 0.1) is 25.6 Å². The average Bonchev–Trinajstić information content (AvgIpc) is 2.70. The first-order valence-corrected chi connectivity index (χ1v) is 8.27. The maximum Gasteiger partial charge on any atom is 0.276 e. The highest BCUT2D eigenvalue weighted by molar-refractivity contribution is 5.66. The minimum absolute atomic E-state index is 0.0280. The third-order valence-corrected chi connectivity index (χ3v) is 4.37. The van der Waals surface area contributed by atoms with Crippen LogP contribution in [-0.4, -0.2) is 43.5 Å². The van der Waals surface area contributed by atoms with Gasteiger partial charge in [0.05, 0.1) is 34.2 Å². The zero-order chi connectivity index (χ0) is 21.6. The third-order valence-electron chi connectivity index (χ3n) is 4.37. The zero-order valence-corrected chi connectivity index (χ0v) is 15.0. The molecule has 0 spiro atoms. The summed E-state index contributed by atoms with van der Waals surface area (Å²) < 4.78 is 0. The molecule has 0 heterocycles. The Hall–Kier alpha value is -3.76. The normalized spacial score (nSPS) is 12.6. The second-order valence-corrected chi connectivity index (χ2v) is 6.09. The fourth-order valence-corrected chi connectivity index (χ4v) is 2.63. The summed E-state index contributed by atoms with van der Waals surface area (Å²) in [6.07, 6.45) is 1.88. The molecule has 4 N–H and O–H groups in total. The Balaban J connectivity index is 2.59.